The number of anilines is 2. The number of nitrogens with zero attached hydrogens (tertiary/aromatic N) is 6. The Morgan fingerprint density at radius 2 is 1.76 bits per heavy atom. The molecule has 0 saturated heterocycles. The average Bonchev–Trinajstić information content (AvgIpc) is 3.21. The number of aryl methyl sites for hydroxylation is 2. The maximum atomic E-state index is 12.8. The normalized spacial score (nSPS) is 11.3. The van der Waals surface area contributed by atoms with Crippen molar-refractivity contribution in [2.75, 3.05) is 10.6 Å². The molecule has 0 radical (unpaired) electrons. The largest absolute Gasteiger partial charge is 0.416 e. The second-order valence-corrected chi connectivity index (χ2v) is 7.23. The van der Waals surface area contributed by atoms with Gasteiger partial charge in [0.25, 0.3) is 6.20 Å². The fraction of sp³-hybridized carbons (Fsp3) is 0.190. The van der Waals surface area contributed by atoms with E-state index in [1.807, 2.05) is 13.8 Å². The zero-order chi connectivity index (χ0) is 24.3. The standard InChI is InChI=1S/C21H17F3N8O2/c1-12-19(13(2)28-11-27-12)14-7-25-17(26-8-14)9-32-10-18(34-31-32)30-20(33)29-16-5-3-4-15(6-16)21(22,23)24/h3-8,10-11H,9H2,1-2H3,(H-,29,30,31,33)/p+1. The Balaban J connectivity index is 1.38. The number of benzene rings is 1. The third-order valence-electron chi connectivity index (χ3n) is 4.72. The molecule has 34 heavy (non-hydrogen) atoms. The molecule has 2 N–H and O–H groups in total. The Hall–Kier alpha value is -4.42. The van der Waals surface area contributed by atoms with Crippen molar-refractivity contribution in [2.45, 2.75) is 26.6 Å². The molecule has 174 valence electrons. The first kappa shape index (κ1) is 22.8. The summed E-state index contributed by atoms with van der Waals surface area (Å²) in [5.74, 6) is 0.419. The number of amides is 2. The highest BCUT2D eigenvalue weighted by Crippen LogP contribution is 2.30. The number of hydrogen-bond acceptors (Lipinski definition) is 7. The summed E-state index contributed by atoms with van der Waals surface area (Å²) in [7, 11) is 0. The van der Waals surface area contributed by atoms with Crippen LogP contribution in [0.25, 0.3) is 11.1 Å². The van der Waals surface area contributed by atoms with Gasteiger partial charge in [0.2, 0.25) is 11.8 Å². The van der Waals surface area contributed by atoms with Crippen molar-refractivity contribution in [2.24, 2.45) is 0 Å². The number of halogens is 3. The molecule has 0 fully saturated rings. The van der Waals surface area contributed by atoms with Crippen LogP contribution >= 0.6 is 0 Å². The third-order valence-corrected chi connectivity index (χ3v) is 4.72. The number of urea groups is 1. The van der Waals surface area contributed by atoms with Crippen LogP contribution in [0.4, 0.5) is 29.5 Å². The van der Waals surface area contributed by atoms with Crippen molar-refractivity contribution in [3.8, 4) is 11.1 Å². The van der Waals surface area contributed by atoms with E-state index in [4.69, 9.17) is 4.52 Å². The van der Waals surface area contributed by atoms with Gasteiger partial charge in [-0.3, -0.25) is 9.84 Å². The molecule has 0 aliphatic heterocycles. The Kier molecular flexibility index (Phi) is 6.17. The summed E-state index contributed by atoms with van der Waals surface area (Å²) < 4.78 is 44.8. The lowest BCUT2D eigenvalue weighted by molar-refractivity contribution is -0.755. The molecule has 0 saturated carbocycles. The second kappa shape index (κ2) is 9.21. The van der Waals surface area contributed by atoms with Gasteiger partial charge in [0, 0.05) is 40.6 Å². The number of aromatic nitrogens is 6. The summed E-state index contributed by atoms with van der Waals surface area (Å²) in [4.78, 5) is 29.1. The maximum Gasteiger partial charge on any atom is 0.416 e. The topological polar surface area (TPSA) is 123 Å². The first-order chi connectivity index (χ1) is 16.2. The van der Waals surface area contributed by atoms with Gasteiger partial charge >= 0.3 is 18.1 Å². The van der Waals surface area contributed by atoms with Crippen LogP contribution in [0.15, 0.2) is 53.7 Å². The van der Waals surface area contributed by atoms with E-state index in [2.05, 4.69) is 35.8 Å². The first-order valence-electron chi connectivity index (χ1n) is 9.90. The van der Waals surface area contributed by atoms with E-state index in [1.165, 1.54) is 29.3 Å². The number of hydrogen-bond donors (Lipinski definition) is 2. The lowest BCUT2D eigenvalue weighted by Gasteiger charge is -2.09. The minimum atomic E-state index is -4.52. The Morgan fingerprint density at radius 3 is 2.44 bits per heavy atom. The summed E-state index contributed by atoms with van der Waals surface area (Å²) in [6.45, 7) is 3.91. The van der Waals surface area contributed by atoms with Crippen LogP contribution in [-0.4, -0.2) is 31.2 Å². The van der Waals surface area contributed by atoms with Gasteiger partial charge in [0.1, 0.15) is 6.33 Å². The predicted molar refractivity (Wildman–Crippen MR) is 112 cm³/mol. The molecule has 10 nitrogen and oxygen atoms in total. The molecule has 3 aromatic heterocycles. The van der Waals surface area contributed by atoms with E-state index >= 15 is 0 Å². The lowest BCUT2D eigenvalue weighted by atomic mass is 10.1. The van der Waals surface area contributed by atoms with Crippen LogP contribution in [0, 0.1) is 13.8 Å². The summed E-state index contributed by atoms with van der Waals surface area (Å²) >= 11 is 0. The van der Waals surface area contributed by atoms with Crippen LogP contribution in [0.5, 0.6) is 0 Å². The monoisotopic (exact) mass is 471 g/mol. The predicted octanol–water partition coefficient (Wildman–Crippen LogP) is 3.54. The van der Waals surface area contributed by atoms with Crippen LogP contribution in [0.3, 0.4) is 0 Å². The van der Waals surface area contributed by atoms with Gasteiger partial charge in [0.05, 0.1) is 5.56 Å². The molecule has 3 heterocycles. The van der Waals surface area contributed by atoms with Crippen molar-refractivity contribution < 1.29 is 27.2 Å². The second-order valence-electron chi connectivity index (χ2n) is 7.23. The quantitative estimate of drug-likeness (QED) is 0.427. The molecule has 4 aromatic rings. The number of nitrogens with one attached hydrogen (secondary N) is 2. The van der Waals surface area contributed by atoms with Crippen molar-refractivity contribution in [3.05, 3.63) is 72.0 Å². The average molecular weight is 471 g/mol. The van der Waals surface area contributed by atoms with Crippen molar-refractivity contribution in [1.82, 2.24) is 25.2 Å². The van der Waals surface area contributed by atoms with Gasteiger partial charge in [-0.05, 0) is 36.7 Å². The molecule has 13 heteroatoms. The van der Waals surface area contributed by atoms with E-state index in [0.717, 1.165) is 34.6 Å². The van der Waals surface area contributed by atoms with Crippen molar-refractivity contribution in [1.29, 1.82) is 0 Å². The molecule has 0 aliphatic rings. The fourth-order valence-electron chi connectivity index (χ4n) is 3.18. The summed E-state index contributed by atoms with van der Waals surface area (Å²) in [5, 5.41) is 8.45. The SMILES string of the molecule is Cc1ncnc(C)c1-c1cnc(C[n+]2cc(NC(=O)Nc3cccc(C(F)(F)F)c3)on2)nc1. The van der Waals surface area contributed by atoms with Crippen LogP contribution < -0.4 is 15.3 Å². The highest BCUT2D eigenvalue weighted by Gasteiger charge is 2.30. The molecule has 2 amide bonds. The van der Waals surface area contributed by atoms with E-state index in [9.17, 15) is 18.0 Å². The fourth-order valence-corrected chi connectivity index (χ4v) is 3.18. The molecule has 1 aromatic carbocycles. The van der Waals surface area contributed by atoms with E-state index in [-0.39, 0.29) is 18.1 Å². The molecule has 0 bridgehead atoms. The molecule has 0 spiro atoms. The van der Waals surface area contributed by atoms with Crippen LogP contribution in [-0.2, 0) is 12.7 Å². The number of carbonyl (C=O) groups excluding carboxylic acids is 1. The molecular weight excluding hydrogens is 453 g/mol. The minimum Gasteiger partial charge on any atom is -0.308 e. The molecule has 0 aliphatic carbocycles. The minimum absolute atomic E-state index is 0.0196. The number of rotatable bonds is 5. The summed E-state index contributed by atoms with van der Waals surface area (Å²) in [6, 6.07) is 3.47. The van der Waals surface area contributed by atoms with Crippen molar-refractivity contribution in [3.63, 3.8) is 0 Å². The van der Waals surface area contributed by atoms with Gasteiger partial charge in [0.15, 0.2) is 5.82 Å². The highest BCUT2D eigenvalue weighted by molar-refractivity contribution is 5.98. The Morgan fingerprint density at radius 1 is 1.06 bits per heavy atom. The molecule has 4 rings (SSSR count). The third kappa shape index (κ3) is 5.31. The zero-order valence-electron chi connectivity index (χ0n) is 18.0. The van der Waals surface area contributed by atoms with E-state index < -0.39 is 17.8 Å². The molecule has 0 unspecified atom stereocenters. The van der Waals surface area contributed by atoms with Gasteiger partial charge in [-0.15, -0.1) is 0 Å². The zero-order valence-corrected chi connectivity index (χ0v) is 18.0. The van der Waals surface area contributed by atoms with Crippen LogP contribution in [0.1, 0.15) is 22.8 Å². The number of alkyl halides is 3. The molecular formula is C21H18F3N8O2+. The lowest BCUT2D eigenvalue weighted by Crippen LogP contribution is -2.36. The Bertz CT molecular complexity index is 1300. The number of carbonyl (C=O) groups is 1. The summed E-state index contributed by atoms with van der Waals surface area (Å²) in [5.41, 5.74) is 2.36. The van der Waals surface area contributed by atoms with E-state index in [1.54, 1.807) is 12.4 Å². The first-order valence-corrected chi connectivity index (χ1v) is 9.90. The van der Waals surface area contributed by atoms with Crippen LogP contribution in [0.2, 0.25) is 0 Å². The van der Waals surface area contributed by atoms with Gasteiger partial charge in [-0.1, -0.05) is 6.07 Å². The van der Waals surface area contributed by atoms with Gasteiger partial charge in [-0.2, -0.15) is 13.2 Å². The van der Waals surface area contributed by atoms with E-state index in [0.29, 0.717) is 5.82 Å². The maximum absolute atomic E-state index is 12.8. The highest BCUT2D eigenvalue weighted by atomic mass is 19.4. The van der Waals surface area contributed by atoms with Gasteiger partial charge < -0.3 is 5.32 Å². The van der Waals surface area contributed by atoms with Crippen molar-refractivity contribution >= 4 is 17.6 Å². The summed E-state index contributed by atoms with van der Waals surface area (Å²) in [6.07, 6.45) is 1.68. The Labute approximate surface area is 190 Å². The molecule has 0 atom stereocenters. The van der Waals surface area contributed by atoms with Gasteiger partial charge in [-0.25, -0.2) is 24.7 Å². The smallest absolute Gasteiger partial charge is 0.308 e.